The van der Waals surface area contributed by atoms with Crippen molar-refractivity contribution in [2.24, 2.45) is 0 Å². The number of fused-ring (bicyclic) bond motifs is 2. The fraction of sp³-hybridized carbons (Fsp3) is 0.647. The maximum Gasteiger partial charge on any atom is 0.0558 e. The van der Waals surface area contributed by atoms with Crippen molar-refractivity contribution in [3.63, 3.8) is 0 Å². The van der Waals surface area contributed by atoms with Crippen LogP contribution in [0.2, 0.25) is 0 Å². The summed E-state index contributed by atoms with van der Waals surface area (Å²) in [5.41, 5.74) is 4.80. The Labute approximate surface area is 146 Å². The van der Waals surface area contributed by atoms with Gasteiger partial charge >= 0.3 is 0 Å². The molecule has 3 nitrogen and oxygen atoms in total. The van der Waals surface area contributed by atoms with Gasteiger partial charge in [0, 0.05) is 12.6 Å². The second kappa shape index (κ2) is 7.98. The van der Waals surface area contributed by atoms with Crippen molar-refractivity contribution in [3.05, 3.63) is 34.9 Å². The summed E-state index contributed by atoms with van der Waals surface area (Å²) >= 11 is 0. The van der Waals surface area contributed by atoms with Gasteiger partial charge in [-0.25, -0.2) is 0 Å². The Bertz CT molecular complexity index is 490. The molecular weight excluding hydrogens is 319 g/mol. The lowest BCUT2D eigenvalue weighted by Gasteiger charge is -2.36. The van der Waals surface area contributed by atoms with Gasteiger partial charge in [-0.05, 0) is 62.9 Å². The molecule has 5 heteroatoms. The Morgan fingerprint density at radius 1 is 1.27 bits per heavy atom. The molecular formula is C17H28Cl2N2O. The number of halogens is 2. The average molecular weight is 347 g/mol. The minimum atomic E-state index is 0. The van der Waals surface area contributed by atoms with Crippen LogP contribution in [0.25, 0.3) is 0 Å². The van der Waals surface area contributed by atoms with Crippen LogP contribution in [-0.2, 0) is 5.41 Å². The van der Waals surface area contributed by atoms with Crippen molar-refractivity contribution < 1.29 is 5.11 Å². The summed E-state index contributed by atoms with van der Waals surface area (Å²) in [6.07, 6.45) is 3.70. The van der Waals surface area contributed by atoms with E-state index in [9.17, 15) is 5.11 Å². The molecule has 2 N–H and O–H groups in total. The number of benzene rings is 1. The molecule has 3 rings (SSSR count). The van der Waals surface area contributed by atoms with Gasteiger partial charge in [0.05, 0.1) is 6.61 Å². The summed E-state index contributed by atoms with van der Waals surface area (Å²) < 4.78 is 0. The van der Waals surface area contributed by atoms with Crippen LogP contribution in [0, 0.1) is 6.92 Å². The Hall–Kier alpha value is -0.320. The van der Waals surface area contributed by atoms with Crippen LogP contribution in [-0.4, -0.2) is 43.3 Å². The zero-order chi connectivity index (χ0) is 14.2. The van der Waals surface area contributed by atoms with Gasteiger partial charge in [0.15, 0.2) is 0 Å². The molecule has 1 saturated heterocycles. The summed E-state index contributed by atoms with van der Waals surface area (Å²) in [5.74, 6) is 0. The third-order valence-corrected chi connectivity index (χ3v) is 5.27. The molecule has 0 bridgehead atoms. The van der Waals surface area contributed by atoms with E-state index in [4.69, 9.17) is 0 Å². The van der Waals surface area contributed by atoms with Crippen LogP contribution in [0.5, 0.6) is 0 Å². The summed E-state index contributed by atoms with van der Waals surface area (Å²) in [7, 11) is 2.14. The second-order valence-corrected chi connectivity index (χ2v) is 6.55. The van der Waals surface area contributed by atoms with Crippen LogP contribution >= 0.6 is 24.8 Å². The lowest BCUT2D eigenvalue weighted by Crippen LogP contribution is -2.39. The SMILES string of the molecule is Cc1ccc2c(c1)C1(CCNCC1)CC2N(C)CCO.Cl.Cl. The molecule has 1 aliphatic carbocycles. The van der Waals surface area contributed by atoms with Crippen molar-refractivity contribution >= 4 is 24.8 Å². The molecule has 1 aromatic rings. The number of nitrogens with one attached hydrogen (secondary N) is 1. The lowest BCUT2D eigenvalue weighted by molar-refractivity contribution is 0.158. The minimum Gasteiger partial charge on any atom is -0.395 e. The zero-order valence-corrected chi connectivity index (χ0v) is 15.1. The minimum absolute atomic E-state index is 0. The molecule has 1 aliphatic heterocycles. The Morgan fingerprint density at radius 2 is 1.95 bits per heavy atom. The van der Waals surface area contributed by atoms with Crippen molar-refractivity contribution in [1.29, 1.82) is 0 Å². The highest BCUT2D eigenvalue weighted by molar-refractivity contribution is 5.85. The van der Waals surface area contributed by atoms with Gasteiger partial charge < -0.3 is 10.4 Å². The van der Waals surface area contributed by atoms with E-state index in [-0.39, 0.29) is 31.4 Å². The zero-order valence-electron chi connectivity index (χ0n) is 13.5. The molecule has 0 amide bonds. The van der Waals surface area contributed by atoms with Crippen LogP contribution in [0.1, 0.15) is 42.0 Å². The first-order valence-corrected chi connectivity index (χ1v) is 7.79. The van der Waals surface area contributed by atoms with Gasteiger partial charge in [0.2, 0.25) is 0 Å². The summed E-state index contributed by atoms with van der Waals surface area (Å²) in [6.45, 7) is 5.45. The van der Waals surface area contributed by atoms with E-state index in [0.717, 1.165) is 19.6 Å². The number of rotatable bonds is 3. The average Bonchev–Trinajstić information content (AvgIpc) is 2.75. The van der Waals surface area contributed by atoms with E-state index in [2.05, 4.69) is 42.4 Å². The third kappa shape index (κ3) is 3.44. The largest absolute Gasteiger partial charge is 0.395 e. The number of aliphatic hydroxyl groups excluding tert-OH is 1. The summed E-state index contributed by atoms with van der Waals surface area (Å²) in [6, 6.07) is 7.43. The number of aryl methyl sites for hydroxylation is 1. The first kappa shape index (κ1) is 19.7. The molecule has 0 saturated carbocycles. The maximum absolute atomic E-state index is 9.24. The quantitative estimate of drug-likeness (QED) is 0.883. The molecule has 2 aliphatic rings. The molecule has 126 valence electrons. The third-order valence-electron chi connectivity index (χ3n) is 5.27. The standard InChI is InChI=1S/C17H26N2O.2ClH/c1-13-3-4-14-15(11-13)17(5-7-18-8-6-17)12-16(14)19(2)9-10-20;;/h3-4,11,16,18,20H,5-10,12H2,1-2H3;2*1H. The van der Waals surface area contributed by atoms with E-state index in [0.29, 0.717) is 11.5 Å². The monoisotopic (exact) mass is 346 g/mol. The van der Waals surface area contributed by atoms with Gasteiger partial charge in [0.1, 0.15) is 0 Å². The first-order valence-electron chi connectivity index (χ1n) is 7.79. The number of hydrogen-bond acceptors (Lipinski definition) is 3. The van der Waals surface area contributed by atoms with Crippen molar-refractivity contribution in [3.8, 4) is 0 Å². The highest BCUT2D eigenvalue weighted by atomic mass is 35.5. The molecule has 1 fully saturated rings. The topological polar surface area (TPSA) is 35.5 Å². The van der Waals surface area contributed by atoms with E-state index in [1.54, 1.807) is 5.56 Å². The fourth-order valence-corrected chi connectivity index (χ4v) is 4.10. The number of nitrogens with zero attached hydrogens (tertiary/aromatic N) is 1. The summed E-state index contributed by atoms with van der Waals surface area (Å²) in [5, 5.41) is 12.7. The lowest BCUT2D eigenvalue weighted by atomic mass is 9.74. The Kier molecular flexibility index (Phi) is 7.16. The van der Waals surface area contributed by atoms with Crippen molar-refractivity contribution in [2.45, 2.75) is 37.6 Å². The van der Waals surface area contributed by atoms with E-state index < -0.39 is 0 Å². The molecule has 0 aromatic heterocycles. The van der Waals surface area contributed by atoms with Gasteiger partial charge in [0.25, 0.3) is 0 Å². The normalized spacial score (nSPS) is 22.1. The maximum atomic E-state index is 9.24. The molecule has 1 aromatic carbocycles. The van der Waals surface area contributed by atoms with Gasteiger partial charge in [-0.3, -0.25) is 4.90 Å². The van der Waals surface area contributed by atoms with E-state index in [1.165, 1.54) is 30.4 Å². The molecule has 0 radical (unpaired) electrons. The molecule has 1 heterocycles. The Morgan fingerprint density at radius 3 is 2.59 bits per heavy atom. The second-order valence-electron chi connectivity index (χ2n) is 6.55. The highest BCUT2D eigenvalue weighted by Crippen LogP contribution is 2.51. The highest BCUT2D eigenvalue weighted by Gasteiger charge is 2.45. The first-order chi connectivity index (χ1) is 9.66. The molecule has 22 heavy (non-hydrogen) atoms. The number of hydrogen-bond donors (Lipinski definition) is 2. The van der Waals surface area contributed by atoms with Crippen LogP contribution in [0.3, 0.4) is 0 Å². The van der Waals surface area contributed by atoms with Gasteiger partial charge in [-0.2, -0.15) is 0 Å². The van der Waals surface area contributed by atoms with Crippen LogP contribution in [0.15, 0.2) is 18.2 Å². The molecule has 1 unspecified atom stereocenters. The molecule has 1 spiro atoms. The summed E-state index contributed by atoms with van der Waals surface area (Å²) in [4.78, 5) is 2.32. The van der Waals surface area contributed by atoms with E-state index in [1.807, 2.05) is 0 Å². The number of aliphatic hydroxyl groups is 1. The fourth-order valence-electron chi connectivity index (χ4n) is 4.10. The number of piperidine rings is 1. The number of likely N-dealkylation sites (N-methyl/N-ethyl adjacent to an activating group) is 1. The van der Waals surface area contributed by atoms with Gasteiger partial charge in [-0.1, -0.05) is 23.8 Å². The van der Waals surface area contributed by atoms with Crippen LogP contribution < -0.4 is 5.32 Å². The predicted molar refractivity (Wildman–Crippen MR) is 96.5 cm³/mol. The van der Waals surface area contributed by atoms with Crippen molar-refractivity contribution in [1.82, 2.24) is 10.2 Å². The van der Waals surface area contributed by atoms with Crippen molar-refractivity contribution in [2.75, 3.05) is 33.3 Å². The van der Waals surface area contributed by atoms with Crippen LogP contribution in [0.4, 0.5) is 0 Å². The van der Waals surface area contributed by atoms with E-state index >= 15 is 0 Å². The molecule has 1 atom stereocenters. The smallest absolute Gasteiger partial charge is 0.0558 e. The Balaban J connectivity index is 0.00000121. The van der Waals surface area contributed by atoms with Gasteiger partial charge in [-0.15, -0.1) is 24.8 Å². The predicted octanol–water partition coefficient (Wildman–Crippen LogP) is 2.83.